The summed E-state index contributed by atoms with van der Waals surface area (Å²) in [6, 6.07) is 19.9. The molecule has 2 aromatic carbocycles. The highest BCUT2D eigenvalue weighted by Gasteiger charge is 2.22. The largest absolute Gasteiger partial charge is 0.383 e. The lowest BCUT2D eigenvalue weighted by Crippen LogP contribution is -2.35. The lowest BCUT2D eigenvalue weighted by atomic mass is 9.90. The summed E-state index contributed by atoms with van der Waals surface area (Å²) >= 11 is 0. The smallest absolute Gasteiger partial charge is 0.260 e. The van der Waals surface area contributed by atoms with Gasteiger partial charge in [-0.25, -0.2) is 4.98 Å². The van der Waals surface area contributed by atoms with Gasteiger partial charge in [-0.2, -0.15) is 4.98 Å². The third-order valence-electron chi connectivity index (χ3n) is 5.35. The van der Waals surface area contributed by atoms with Gasteiger partial charge in [0.05, 0.1) is 0 Å². The van der Waals surface area contributed by atoms with Crippen LogP contribution in [-0.4, -0.2) is 29.0 Å². The van der Waals surface area contributed by atoms with Gasteiger partial charge >= 0.3 is 0 Å². The number of aromatic nitrogens is 2. The molecule has 0 saturated carbocycles. The number of nitrogen functional groups attached to an aromatic ring is 1. The van der Waals surface area contributed by atoms with Crippen molar-refractivity contribution < 1.29 is 4.79 Å². The number of rotatable bonds is 5. The summed E-state index contributed by atoms with van der Waals surface area (Å²) in [6.07, 6.45) is 4.81. The van der Waals surface area contributed by atoms with Gasteiger partial charge in [0, 0.05) is 25.0 Å². The van der Waals surface area contributed by atoms with Gasteiger partial charge in [0.1, 0.15) is 11.4 Å². The monoisotopic (exact) mass is 387 g/mol. The first-order valence-electron chi connectivity index (χ1n) is 9.97. The Morgan fingerprint density at radius 2 is 1.69 bits per heavy atom. The summed E-state index contributed by atoms with van der Waals surface area (Å²) in [5.74, 6) is 1.16. The molecule has 2 heterocycles. The van der Waals surface area contributed by atoms with E-state index in [9.17, 15) is 4.79 Å². The maximum atomic E-state index is 12.5. The van der Waals surface area contributed by atoms with Crippen molar-refractivity contribution in [3.05, 3.63) is 78.0 Å². The summed E-state index contributed by atoms with van der Waals surface area (Å²) in [5, 5.41) is 2.81. The van der Waals surface area contributed by atoms with Crippen LogP contribution in [0.1, 0.15) is 28.8 Å². The Hall–Kier alpha value is -3.41. The molecule has 1 aromatic heterocycles. The van der Waals surface area contributed by atoms with Crippen LogP contribution in [0.4, 0.5) is 17.5 Å². The van der Waals surface area contributed by atoms with Crippen LogP contribution in [0.2, 0.25) is 0 Å². The number of hydrogen-bond donors (Lipinski definition) is 2. The van der Waals surface area contributed by atoms with Gasteiger partial charge < -0.3 is 16.0 Å². The molecule has 6 heteroatoms. The van der Waals surface area contributed by atoms with Crippen LogP contribution in [0.15, 0.2) is 66.9 Å². The zero-order valence-electron chi connectivity index (χ0n) is 16.3. The maximum absolute atomic E-state index is 12.5. The number of hydrogen-bond acceptors (Lipinski definition) is 5. The van der Waals surface area contributed by atoms with E-state index < -0.39 is 0 Å². The van der Waals surface area contributed by atoms with Crippen molar-refractivity contribution >= 4 is 23.4 Å². The van der Waals surface area contributed by atoms with Gasteiger partial charge in [-0.3, -0.25) is 4.79 Å². The first-order valence-corrected chi connectivity index (χ1v) is 9.97. The first kappa shape index (κ1) is 18.9. The Balaban J connectivity index is 1.36. The molecule has 29 heavy (non-hydrogen) atoms. The number of nitrogens with zero attached hydrogens (tertiary/aromatic N) is 3. The Labute approximate surface area is 170 Å². The first-order chi connectivity index (χ1) is 14.2. The van der Waals surface area contributed by atoms with Gasteiger partial charge in [-0.1, -0.05) is 48.5 Å². The molecule has 0 bridgehead atoms. The van der Waals surface area contributed by atoms with Gasteiger partial charge in [0.2, 0.25) is 5.95 Å². The van der Waals surface area contributed by atoms with E-state index in [2.05, 4.69) is 50.5 Å². The highest BCUT2D eigenvalue weighted by molar-refractivity contribution is 6.07. The maximum Gasteiger partial charge on any atom is 0.260 e. The van der Waals surface area contributed by atoms with Crippen LogP contribution in [-0.2, 0) is 6.42 Å². The van der Waals surface area contributed by atoms with Gasteiger partial charge in [0.15, 0.2) is 0 Å². The minimum Gasteiger partial charge on any atom is -0.383 e. The molecule has 0 unspecified atom stereocenters. The van der Waals surface area contributed by atoms with Crippen molar-refractivity contribution in [2.45, 2.75) is 19.3 Å². The second-order valence-corrected chi connectivity index (χ2v) is 7.41. The van der Waals surface area contributed by atoms with Crippen LogP contribution < -0.4 is 16.0 Å². The fourth-order valence-electron chi connectivity index (χ4n) is 3.72. The molecule has 0 spiro atoms. The molecule has 0 aliphatic carbocycles. The van der Waals surface area contributed by atoms with Gasteiger partial charge in [-0.05, 0) is 42.9 Å². The quantitative estimate of drug-likeness (QED) is 0.696. The van der Waals surface area contributed by atoms with Gasteiger partial charge in [-0.15, -0.1) is 0 Å². The predicted octanol–water partition coefficient (Wildman–Crippen LogP) is 3.77. The molecule has 4 rings (SSSR count). The highest BCUT2D eigenvalue weighted by Crippen LogP contribution is 2.25. The summed E-state index contributed by atoms with van der Waals surface area (Å²) < 4.78 is 0. The standard InChI is InChI=1S/C23H25N5O/c24-21-20(22(29)26-19-9-5-2-6-10-19)16-25-23(27-21)28-13-11-18(12-14-28)15-17-7-3-1-4-8-17/h1-10,16,18H,11-15H2,(H,26,29)(H2,24,25,27). The number of nitrogens with two attached hydrogens (primary N) is 1. The molecular weight excluding hydrogens is 362 g/mol. The summed E-state index contributed by atoms with van der Waals surface area (Å²) in [6.45, 7) is 1.79. The van der Waals surface area contributed by atoms with Crippen LogP contribution in [0, 0.1) is 5.92 Å². The van der Waals surface area contributed by atoms with Crippen molar-refractivity contribution in [1.82, 2.24) is 9.97 Å². The van der Waals surface area contributed by atoms with Crippen molar-refractivity contribution in [2.24, 2.45) is 5.92 Å². The number of nitrogens with one attached hydrogen (secondary N) is 1. The van der Waals surface area contributed by atoms with E-state index in [0.717, 1.165) is 32.4 Å². The van der Waals surface area contributed by atoms with Crippen LogP contribution >= 0.6 is 0 Å². The van der Waals surface area contributed by atoms with Crippen LogP contribution in [0.25, 0.3) is 0 Å². The molecular formula is C23H25N5O. The zero-order chi connectivity index (χ0) is 20.1. The van der Waals surface area contributed by atoms with Crippen molar-refractivity contribution in [3.8, 4) is 0 Å². The molecule has 1 saturated heterocycles. The van der Waals surface area contributed by atoms with E-state index in [0.29, 0.717) is 17.6 Å². The molecule has 148 valence electrons. The molecule has 1 fully saturated rings. The Bertz CT molecular complexity index is 954. The van der Waals surface area contributed by atoms with E-state index in [4.69, 9.17) is 5.73 Å². The number of benzene rings is 2. The fraction of sp³-hybridized carbons (Fsp3) is 0.261. The van der Waals surface area contributed by atoms with E-state index >= 15 is 0 Å². The number of carbonyl (C=O) groups is 1. The lowest BCUT2D eigenvalue weighted by Gasteiger charge is -2.32. The molecule has 1 amide bonds. The molecule has 6 nitrogen and oxygen atoms in total. The van der Waals surface area contributed by atoms with Crippen LogP contribution in [0.5, 0.6) is 0 Å². The molecule has 0 radical (unpaired) electrons. The minimum atomic E-state index is -0.304. The highest BCUT2D eigenvalue weighted by atomic mass is 16.1. The average molecular weight is 387 g/mol. The Morgan fingerprint density at radius 3 is 2.34 bits per heavy atom. The normalized spacial score (nSPS) is 14.6. The molecule has 3 N–H and O–H groups in total. The number of para-hydroxylation sites is 1. The summed E-state index contributed by atoms with van der Waals surface area (Å²) in [5.41, 5.74) is 8.46. The summed E-state index contributed by atoms with van der Waals surface area (Å²) in [7, 11) is 0. The number of anilines is 3. The third kappa shape index (κ3) is 4.71. The van der Waals surface area contributed by atoms with Crippen molar-refractivity contribution in [2.75, 3.05) is 29.0 Å². The Kier molecular flexibility index (Phi) is 5.70. The van der Waals surface area contributed by atoms with E-state index in [-0.39, 0.29) is 17.3 Å². The number of amides is 1. The zero-order valence-corrected chi connectivity index (χ0v) is 16.3. The second kappa shape index (κ2) is 8.73. The molecule has 3 aromatic rings. The third-order valence-corrected chi connectivity index (χ3v) is 5.35. The number of carbonyl (C=O) groups excluding carboxylic acids is 1. The van der Waals surface area contributed by atoms with Crippen molar-refractivity contribution in [1.29, 1.82) is 0 Å². The SMILES string of the molecule is Nc1nc(N2CCC(Cc3ccccc3)CC2)ncc1C(=O)Nc1ccccc1. The van der Waals surface area contributed by atoms with Gasteiger partial charge in [0.25, 0.3) is 5.91 Å². The topological polar surface area (TPSA) is 84.1 Å². The lowest BCUT2D eigenvalue weighted by molar-refractivity contribution is 0.102. The molecule has 1 aliphatic rings. The molecule has 0 atom stereocenters. The summed E-state index contributed by atoms with van der Waals surface area (Å²) in [4.78, 5) is 23.4. The predicted molar refractivity (Wildman–Crippen MR) is 116 cm³/mol. The van der Waals surface area contributed by atoms with Crippen LogP contribution in [0.3, 0.4) is 0 Å². The van der Waals surface area contributed by atoms with Crippen molar-refractivity contribution in [3.63, 3.8) is 0 Å². The Morgan fingerprint density at radius 1 is 1.03 bits per heavy atom. The van der Waals surface area contributed by atoms with E-state index in [1.165, 1.54) is 11.8 Å². The molecule has 1 aliphatic heterocycles. The second-order valence-electron chi connectivity index (χ2n) is 7.41. The minimum absolute atomic E-state index is 0.204. The fourth-order valence-corrected chi connectivity index (χ4v) is 3.72. The van der Waals surface area contributed by atoms with E-state index in [1.807, 2.05) is 30.3 Å². The average Bonchev–Trinajstić information content (AvgIpc) is 2.75. The number of piperidine rings is 1. The van der Waals surface area contributed by atoms with E-state index in [1.54, 1.807) is 0 Å².